The van der Waals surface area contributed by atoms with E-state index in [0.29, 0.717) is 12.1 Å². The van der Waals surface area contributed by atoms with Crippen molar-refractivity contribution < 1.29 is 4.79 Å². The molecule has 1 amide bonds. The van der Waals surface area contributed by atoms with E-state index in [1.165, 1.54) is 11.3 Å². The average molecular weight is 345 g/mol. The molecule has 0 unspecified atom stereocenters. The molecule has 2 nitrogen and oxygen atoms in total. The summed E-state index contributed by atoms with van der Waals surface area (Å²) in [5.41, 5.74) is 1.71. The number of nitrogens with one attached hydrogen (secondary N) is 1. The van der Waals surface area contributed by atoms with Crippen molar-refractivity contribution in [1.29, 1.82) is 0 Å². The fraction of sp³-hybridized carbons (Fsp3) is 0.154. The number of carbonyl (C=O) groups excluding carboxylic acids is 1. The van der Waals surface area contributed by atoms with Crippen molar-refractivity contribution in [2.75, 3.05) is 0 Å². The molecule has 0 spiro atoms. The van der Waals surface area contributed by atoms with E-state index < -0.39 is 0 Å². The quantitative estimate of drug-likeness (QED) is 0.878. The smallest absolute Gasteiger partial charge is 0.252 e. The summed E-state index contributed by atoms with van der Waals surface area (Å²) in [6.07, 6.45) is 0. The lowest BCUT2D eigenvalue weighted by Crippen LogP contribution is -2.22. The normalized spacial score (nSPS) is 10.4. The molecule has 18 heavy (non-hydrogen) atoms. The zero-order valence-electron chi connectivity index (χ0n) is 9.67. The Morgan fingerprint density at radius 3 is 2.83 bits per heavy atom. The number of benzene rings is 1. The topological polar surface area (TPSA) is 29.1 Å². The summed E-state index contributed by atoms with van der Waals surface area (Å²) in [6.45, 7) is 2.46. The molecule has 1 N–H and O–H groups in total. The second kappa shape index (κ2) is 5.87. The highest BCUT2D eigenvalue weighted by molar-refractivity contribution is 9.10. The lowest BCUT2D eigenvalue weighted by atomic mass is 10.1. The molecular formula is C13H11BrClNOS. The minimum Gasteiger partial charge on any atom is -0.347 e. The van der Waals surface area contributed by atoms with Gasteiger partial charge in [-0.1, -0.05) is 23.2 Å². The number of amides is 1. The summed E-state index contributed by atoms with van der Waals surface area (Å²) in [6, 6.07) is 9.45. The minimum absolute atomic E-state index is 0.0879. The van der Waals surface area contributed by atoms with Gasteiger partial charge in [-0.2, -0.15) is 0 Å². The predicted molar refractivity (Wildman–Crippen MR) is 79.4 cm³/mol. The van der Waals surface area contributed by atoms with Crippen molar-refractivity contribution in [3.05, 3.63) is 55.1 Å². The van der Waals surface area contributed by atoms with E-state index in [0.717, 1.165) is 19.2 Å². The molecule has 0 radical (unpaired) electrons. The average Bonchev–Trinajstić information content (AvgIpc) is 2.75. The fourth-order valence-electron chi connectivity index (χ4n) is 1.52. The molecule has 0 atom stereocenters. The maximum atomic E-state index is 12.0. The predicted octanol–water partition coefficient (Wildman–Crippen LogP) is 4.40. The van der Waals surface area contributed by atoms with Crippen molar-refractivity contribution in [3.8, 4) is 0 Å². The highest BCUT2D eigenvalue weighted by Gasteiger charge is 2.10. The van der Waals surface area contributed by atoms with Gasteiger partial charge in [0.2, 0.25) is 0 Å². The first-order valence-corrected chi connectivity index (χ1v) is 7.33. The largest absolute Gasteiger partial charge is 0.347 e. The molecule has 0 saturated heterocycles. The lowest BCUT2D eigenvalue weighted by Gasteiger charge is -2.06. The van der Waals surface area contributed by atoms with E-state index in [1.54, 1.807) is 0 Å². The molecular weight excluding hydrogens is 334 g/mol. The molecule has 0 fully saturated rings. The van der Waals surface area contributed by atoms with E-state index in [4.69, 9.17) is 11.6 Å². The van der Waals surface area contributed by atoms with Gasteiger partial charge in [0, 0.05) is 9.35 Å². The Bertz CT molecular complexity index is 582. The van der Waals surface area contributed by atoms with Crippen LogP contribution in [-0.4, -0.2) is 5.91 Å². The summed E-state index contributed by atoms with van der Waals surface area (Å²) in [5.74, 6) is -0.0879. The molecule has 0 aliphatic rings. The van der Waals surface area contributed by atoms with Crippen LogP contribution in [0.1, 0.15) is 20.8 Å². The molecule has 0 bridgehead atoms. The van der Waals surface area contributed by atoms with Crippen LogP contribution in [0.4, 0.5) is 0 Å². The van der Waals surface area contributed by atoms with E-state index in [1.807, 2.05) is 37.3 Å². The van der Waals surface area contributed by atoms with Gasteiger partial charge in [-0.25, -0.2) is 0 Å². The number of aryl methyl sites for hydroxylation is 1. The van der Waals surface area contributed by atoms with Crippen LogP contribution in [0, 0.1) is 6.92 Å². The van der Waals surface area contributed by atoms with Crippen LogP contribution in [0.5, 0.6) is 0 Å². The lowest BCUT2D eigenvalue weighted by molar-refractivity contribution is 0.0950. The number of carbonyl (C=O) groups is 1. The second-order valence-corrected chi connectivity index (χ2v) is 6.53. The third-order valence-electron chi connectivity index (χ3n) is 2.42. The van der Waals surface area contributed by atoms with Crippen molar-refractivity contribution >= 4 is 44.8 Å². The Labute approximate surface area is 123 Å². The van der Waals surface area contributed by atoms with Crippen LogP contribution < -0.4 is 5.32 Å². The number of halogens is 2. The monoisotopic (exact) mass is 343 g/mol. The molecule has 1 heterocycles. The van der Waals surface area contributed by atoms with Crippen LogP contribution in [0.3, 0.4) is 0 Å². The Balaban J connectivity index is 2.05. The Morgan fingerprint density at radius 2 is 2.17 bits per heavy atom. The minimum atomic E-state index is -0.0879. The molecule has 2 rings (SSSR count). The second-order valence-electron chi connectivity index (χ2n) is 3.87. The summed E-state index contributed by atoms with van der Waals surface area (Å²) >= 11 is 10.7. The number of hydrogen-bond acceptors (Lipinski definition) is 2. The molecule has 1 aromatic carbocycles. The highest BCUT2D eigenvalue weighted by atomic mass is 79.9. The van der Waals surface area contributed by atoms with E-state index in [-0.39, 0.29) is 5.91 Å². The molecule has 1 aromatic heterocycles. The standard InChI is InChI=1S/C13H11BrClNOS/c1-8-2-4-11(14)10(6-8)13(17)16-7-9-3-5-12(15)18-9/h2-6H,7H2,1H3,(H,16,17). The van der Waals surface area contributed by atoms with E-state index in [9.17, 15) is 4.79 Å². The molecule has 0 saturated carbocycles. The van der Waals surface area contributed by atoms with Gasteiger partial charge in [-0.15, -0.1) is 11.3 Å². The van der Waals surface area contributed by atoms with Crippen LogP contribution in [0.25, 0.3) is 0 Å². The molecule has 0 aliphatic heterocycles. The van der Waals surface area contributed by atoms with Crippen molar-refractivity contribution in [1.82, 2.24) is 5.32 Å². The van der Waals surface area contributed by atoms with Gasteiger partial charge >= 0.3 is 0 Å². The van der Waals surface area contributed by atoms with Crippen molar-refractivity contribution in [3.63, 3.8) is 0 Å². The third kappa shape index (κ3) is 3.34. The summed E-state index contributed by atoms with van der Waals surface area (Å²) in [7, 11) is 0. The number of hydrogen-bond donors (Lipinski definition) is 1. The highest BCUT2D eigenvalue weighted by Crippen LogP contribution is 2.22. The first kappa shape index (κ1) is 13.6. The maximum Gasteiger partial charge on any atom is 0.252 e. The van der Waals surface area contributed by atoms with E-state index >= 15 is 0 Å². The first-order valence-electron chi connectivity index (χ1n) is 5.35. The molecule has 94 valence electrons. The summed E-state index contributed by atoms with van der Waals surface area (Å²) in [5, 5.41) is 2.88. The van der Waals surface area contributed by atoms with Crippen LogP contribution in [-0.2, 0) is 6.54 Å². The van der Waals surface area contributed by atoms with Crippen LogP contribution in [0.2, 0.25) is 4.34 Å². The molecule has 2 aromatic rings. The first-order chi connectivity index (χ1) is 8.56. The number of rotatable bonds is 3. The zero-order valence-corrected chi connectivity index (χ0v) is 12.8. The summed E-state index contributed by atoms with van der Waals surface area (Å²) < 4.78 is 1.53. The maximum absolute atomic E-state index is 12.0. The van der Waals surface area contributed by atoms with Gasteiger partial charge in [-0.3, -0.25) is 4.79 Å². The van der Waals surface area contributed by atoms with Gasteiger partial charge in [-0.05, 0) is 47.1 Å². The zero-order chi connectivity index (χ0) is 13.1. The van der Waals surface area contributed by atoms with Gasteiger partial charge in [0.15, 0.2) is 0 Å². The Hall–Kier alpha value is -0.840. The van der Waals surface area contributed by atoms with E-state index in [2.05, 4.69) is 21.2 Å². The van der Waals surface area contributed by atoms with Gasteiger partial charge in [0.25, 0.3) is 5.91 Å². The molecule has 0 aliphatic carbocycles. The Morgan fingerprint density at radius 1 is 1.39 bits per heavy atom. The van der Waals surface area contributed by atoms with Gasteiger partial charge in [0.1, 0.15) is 0 Å². The summed E-state index contributed by atoms with van der Waals surface area (Å²) in [4.78, 5) is 13.1. The van der Waals surface area contributed by atoms with Crippen LogP contribution >= 0.6 is 38.9 Å². The van der Waals surface area contributed by atoms with Gasteiger partial charge in [0.05, 0.1) is 16.4 Å². The van der Waals surface area contributed by atoms with Crippen LogP contribution in [0.15, 0.2) is 34.8 Å². The fourth-order valence-corrected chi connectivity index (χ4v) is 2.98. The van der Waals surface area contributed by atoms with Crippen molar-refractivity contribution in [2.45, 2.75) is 13.5 Å². The van der Waals surface area contributed by atoms with Gasteiger partial charge < -0.3 is 5.32 Å². The third-order valence-corrected chi connectivity index (χ3v) is 4.34. The number of thiophene rings is 1. The Kier molecular flexibility index (Phi) is 4.43. The SMILES string of the molecule is Cc1ccc(Br)c(C(=O)NCc2ccc(Cl)s2)c1. The molecule has 5 heteroatoms. The van der Waals surface area contributed by atoms with Crippen molar-refractivity contribution in [2.24, 2.45) is 0 Å².